The fourth-order valence-electron chi connectivity index (χ4n) is 4.15. The molecule has 2 aliphatic rings. The molecule has 0 spiro atoms. The monoisotopic (exact) mass is 504 g/mol. The molecule has 2 heterocycles. The van der Waals surface area contributed by atoms with E-state index in [0.29, 0.717) is 47.2 Å². The Labute approximate surface area is 205 Å². The van der Waals surface area contributed by atoms with Gasteiger partial charge in [0.15, 0.2) is 5.82 Å². The molecular weight excluding hydrogens is 476 g/mol. The number of hydrogen-bond donors (Lipinski definition) is 3. The zero-order valence-electron chi connectivity index (χ0n) is 19.1. The zero-order chi connectivity index (χ0) is 24.3. The molecular formula is C23H29ClN6O3S. The number of sulfonamides is 1. The molecule has 0 unspecified atom stereocenters. The van der Waals surface area contributed by atoms with Gasteiger partial charge in [0.1, 0.15) is 5.02 Å². The summed E-state index contributed by atoms with van der Waals surface area (Å²) in [6.07, 6.45) is 9.00. The molecule has 1 atom stereocenters. The summed E-state index contributed by atoms with van der Waals surface area (Å²) in [7, 11) is -3.25. The van der Waals surface area contributed by atoms with E-state index in [-0.39, 0.29) is 11.9 Å². The summed E-state index contributed by atoms with van der Waals surface area (Å²) in [5.74, 6) is 0.919. The van der Waals surface area contributed by atoms with E-state index in [4.69, 9.17) is 11.6 Å². The topological polar surface area (TPSA) is 116 Å². The molecule has 0 radical (unpaired) electrons. The first-order valence-corrected chi connectivity index (χ1v) is 13.5. The molecule has 3 N–H and O–H groups in total. The van der Waals surface area contributed by atoms with Gasteiger partial charge in [-0.3, -0.25) is 4.79 Å². The molecule has 1 amide bonds. The molecule has 1 aromatic carbocycles. The maximum Gasteiger partial charge on any atom is 0.247 e. The van der Waals surface area contributed by atoms with Crippen molar-refractivity contribution in [1.29, 1.82) is 0 Å². The molecule has 4 rings (SSSR count). The molecule has 1 aromatic heterocycles. The van der Waals surface area contributed by atoms with Crippen molar-refractivity contribution in [3.05, 3.63) is 47.6 Å². The van der Waals surface area contributed by atoms with E-state index in [9.17, 15) is 13.2 Å². The van der Waals surface area contributed by atoms with Crippen molar-refractivity contribution in [3.8, 4) is 0 Å². The summed E-state index contributed by atoms with van der Waals surface area (Å²) in [5, 5.41) is 9.60. The SMILES string of the molecule is C=CC(=O)Nc1cc(C2CCC2)ccc1Nc1nc(N[C@H]2CCCN(S(C)(=O)=O)C2)ncc1Cl. The Hall–Kier alpha value is -2.69. The highest BCUT2D eigenvalue weighted by Crippen LogP contribution is 2.39. The number of nitrogens with one attached hydrogen (secondary N) is 3. The normalized spacial score (nSPS) is 19.2. The van der Waals surface area contributed by atoms with Crippen LogP contribution >= 0.6 is 11.6 Å². The van der Waals surface area contributed by atoms with Crippen LogP contribution in [0.1, 0.15) is 43.6 Å². The Kier molecular flexibility index (Phi) is 7.39. The number of carbonyl (C=O) groups excluding carboxylic acids is 1. The van der Waals surface area contributed by atoms with Gasteiger partial charge in [0, 0.05) is 19.1 Å². The number of piperidine rings is 1. The first-order valence-electron chi connectivity index (χ1n) is 11.3. The number of benzene rings is 1. The van der Waals surface area contributed by atoms with Crippen molar-refractivity contribution in [3.63, 3.8) is 0 Å². The first kappa shape index (κ1) is 24.4. The third-order valence-electron chi connectivity index (χ3n) is 6.25. The summed E-state index contributed by atoms with van der Waals surface area (Å²) in [6.45, 7) is 4.40. The number of carbonyl (C=O) groups is 1. The lowest BCUT2D eigenvalue weighted by Gasteiger charge is -2.31. The van der Waals surface area contributed by atoms with Gasteiger partial charge < -0.3 is 16.0 Å². The average molecular weight is 505 g/mol. The lowest BCUT2D eigenvalue weighted by molar-refractivity contribution is -0.111. The number of halogens is 1. The predicted molar refractivity (Wildman–Crippen MR) is 135 cm³/mol. The number of nitrogens with zero attached hydrogens (tertiary/aromatic N) is 3. The quantitative estimate of drug-likeness (QED) is 0.463. The standard InChI is InChI=1S/C23H29ClN6O3S/c1-3-21(31)27-20-12-16(15-6-4-7-15)9-10-19(20)28-22-18(24)13-25-23(29-22)26-17-8-5-11-30(14-17)34(2,32)33/h3,9-10,12-13,15,17H,1,4-8,11,14H2,2H3,(H,27,31)(H2,25,26,28,29)/t17-/m0/s1. The van der Waals surface area contributed by atoms with Crippen LogP contribution in [0.15, 0.2) is 37.1 Å². The van der Waals surface area contributed by atoms with E-state index in [0.717, 1.165) is 25.7 Å². The van der Waals surface area contributed by atoms with E-state index in [1.165, 1.54) is 34.8 Å². The summed E-state index contributed by atoms with van der Waals surface area (Å²) in [6, 6.07) is 5.82. The molecule has 1 aliphatic carbocycles. The smallest absolute Gasteiger partial charge is 0.247 e. The Morgan fingerprint density at radius 3 is 2.71 bits per heavy atom. The van der Waals surface area contributed by atoms with Gasteiger partial charge in [-0.25, -0.2) is 17.7 Å². The van der Waals surface area contributed by atoms with E-state index >= 15 is 0 Å². The molecule has 34 heavy (non-hydrogen) atoms. The van der Waals surface area contributed by atoms with E-state index in [1.54, 1.807) is 0 Å². The third-order valence-corrected chi connectivity index (χ3v) is 7.79. The molecule has 11 heteroatoms. The molecule has 9 nitrogen and oxygen atoms in total. The summed E-state index contributed by atoms with van der Waals surface area (Å²) in [4.78, 5) is 20.8. The Morgan fingerprint density at radius 1 is 1.24 bits per heavy atom. The third kappa shape index (κ3) is 5.86. The number of aromatic nitrogens is 2. The minimum absolute atomic E-state index is 0.110. The van der Waals surface area contributed by atoms with Crippen LogP contribution in [0, 0.1) is 0 Å². The minimum Gasteiger partial charge on any atom is -0.350 e. The van der Waals surface area contributed by atoms with Gasteiger partial charge in [0.05, 0.1) is 23.8 Å². The van der Waals surface area contributed by atoms with E-state index in [2.05, 4.69) is 32.5 Å². The molecule has 2 aromatic rings. The maximum absolute atomic E-state index is 12.0. The Balaban J connectivity index is 1.54. The molecule has 182 valence electrons. The molecule has 2 fully saturated rings. The second-order valence-electron chi connectivity index (χ2n) is 8.75. The fraction of sp³-hybridized carbons (Fsp3) is 0.435. The fourth-order valence-corrected chi connectivity index (χ4v) is 5.20. The Bertz CT molecular complexity index is 1190. The highest BCUT2D eigenvalue weighted by atomic mass is 35.5. The predicted octanol–water partition coefficient (Wildman–Crippen LogP) is 4.10. The number of hydrogen-bond acceptors (Lipinski definition) is 7. The molecule has 1 saturated carbocycles. The summed E-state index contributed by atoms with van der Waals surface area (Å²) < 4.78 is 25.3. The van der Waals surface area contributed by atoms with Crippen LogP contribution < -0.4 is 16.0 Å². The van der Waals surface area contributed by atoms with Crippen LogP contribution in [0.25, 0.3) is 0 Å². The highest BCUT2D eigenvalue weighted by Gasteiger charge is 2.26. The van der Waals surface area contributed by atoms with Crippen LogP contribution in [-0.4, -0.2) is 54.0 Å². The van der Waals surface area contributed by atoms with Crippen LogP contribution in [0.2, 0.25) is 5.02 Å². The van der Waals surface area contributed by atoms with Crippen molar-refractivity contribution in [1.82, 2.24) is 14.3 Å². The van der Waals surface area contributed by atoms with Crippen molar-refractivity contribution < 1.29 is 13.2 Å². The average Bonchev–Trinajstić information content (AvgIpc) is 2.76. The van der Waals surface area contributed by atoms with Crippen molar-refractivity contribution >= 4 is 50.7 Å². The highest BCUT2D eigenvalue weighted by molar-refractivity contribution is 7.88. The second kappa shape index (κ2) is 10.3. The number of amides is 1. The van der Waals surface area contributed by atoms with Gasteiger partial charge in [-0.15, -0.1) is 0 Å². The van der Waals surface area contributed by atoms with Gasteiger partial charge in [-0.1, -0.05) is 30.7 Å². The van der Waals surface area contributed by atoms with Gasteiger partial charge in [-0.2, -0.15) is 4.98 Å². The maximum atomic E-state index is 12.0. The summed E-state index contributed by atoms with van der Waals surface area (Å²) >= 11 is 6.36. The second-order valence-corrected chi connectivity index (χ2v) is 11.1. The van der Waals surface area contributed by atoms with E-state index < -0.39 is 10.0 Å². The molecule has 0 bridgehead atoms. The summed E-state index contributed by atoms with van der Waals surface area (Å²) in [5.41, 5.74) is 2.44. The van der Waals surface area contributed by atoms with Gasteiger partial charge in [0.2, 0.25) is 21.9 Å². The first-order chi connectivity index (χ1) is 16.2. The van der Waals surface area contributed by atoms with Crippen LogP contribution in [0.3, 0.4) is 0 Å². The van der Waals surface area contributed by atoms with E-state index in [1.807, 2.05) is 18.2 Å². The molecule has 1 saturated heterocycles. The zero-order valence-corrected chi connectivity index (χ0v) is 20.6. The van der Waals surface area contributed by atoms with Crippen molar-refractivity contribution in [2.24, 2.45) is 0 Å². The minimum atomic E-state index is -3.25. The molecule has 1 aliphatic heterocycles. The lowest BCUT2D eigenvalue weighted by atomic mass is 9.80. The van der Waals surface area contributed by atoms with Crippen molar-refractivity contribution in [2.45, 2.75) is 44.1 Å². The van der Waals surface area contributed by atoms with Gasteiger partial charge in [-0.05, 0) is 55.4 Å². The Morgan fingerprint density at radius 2 is 2.03 bits per heavy atom. The lowest BCUT2D eigenvalue weighted by Crippen LogP contribution is -2.44. The number of rotatable bonds is 8. The number of anilines is 4. The van der Waals surface area contributed by atoms with Crippen molar-refractivity contribution in [2.75, 3.05) is 35.3 Å². The van der Waals surface area contributed by atoms with Gasteiger partial charge >= 0.3 is 0 Å². The van der Waals surface area contributed by atoms with Gasteiger partial charge in [0.25, 0.3) is 0 Å². The van der Waals surface area contributed by atoms with Crippen LogP contribution in [0.4, 0.5) is 23.1 Å². The van der Waals surface area contributed by atoms with Crippen LogP contribution in [-0.2, 0) is 14.8 Å². The van der Waals surface area contributed by atoms with Crippen LogP contribution in [0.5, 0.6) is 0 Å². The largest absolute Gasteiger partial charge is 0.350 e.